The van der Waals surface area contributed by atoms with Gasteiger partial charge in [-0.15, -0.1) is 0 Å². The van der Waals surface area contributed by atoms with Crippen LogP contribution in [0.25, 0.3) is 10.9 Å². The highest BCUT2D eigenvalue weighted by atomic mass is 16.5. The summed E-state index contributed by atoms with van der Waals surface area (Å²) in [6.45, 7) is 4.44. The number of nitrogens with one attached hydrogen (secondary N) is 1. The molecule has 30 heavy (non-hydrogen) atoms. The standard InChI is InChI=1S/C24H27N3O3/c1-17-5-3-6-18(13-17)24(29)27-10-4-9-26(11-12-27)23(28)14-19-16-25-22-8-7-20(30-2)15-21(19)22/h3,5-8,13,15-16,25H,4,9-12,14H2,1-2H3. The highest BCUT2D eigenvalue weighted by Gasteiger charge is 2.23. The summed E-state index contributed by atoms with van der Waals surface area (Å²) in [7, 11) is 1.64. The number of hydrogen-bond donors (Lipinski definition) is 1. The minimum atomic E-state index is 0.0386. The van der Waals surface area contributed by atoms with Crippen LogP contribution in [0.4, 0.5) is 0 Å². The molecule has 1 aromatic heterocycles. The van der Waals surface area contributed by atoms with Gasteiger partial charge in [-0.25, -0.2) is 0 Å². The number of benzene rings is 2. The van der Waals surface area contributed by atoms with E-state index in [1.54, 1.807) is 7.11 Å². The van der Waals surface area contributed by atoms with Crippen LogP contribution in [0.5, 0.6) is 5.75 Å². The number of methoxy groups -OCH3 is 1. The number of aromatic amines is 1. The highest BCUT2D eigenvalue weighted by Crippen LogP contribution is 2.24. The molecule has 1 aliphatic heterocycles. The van der Waals surface area contributed by atoms with E-state index in [1.807, 2.05) is 65.4 Å². The molecule has 6 heteroatoms. The number of aryl methyl sites for hydroxylation is 1. The van der Waals surface area contributed by atoms with Gasteiger partial charge in [0, 0.05) is 48.8 Å². The van der Waals surface area contributed by atoms with Crippen molar-refractivity contribution in [1.29, 1.82) is 0 Å². The Morgan fingerprint density at radius 3 is 2.63 bits per heavy atom. The molecule has 1 N–H and O–H groups in total. The molecule has 0 unspecified atom stereocenters. The molecule has 156 valence electrons. The fourth-order valence-corrected chi connectivity index (χ4v) is 4.04. The first-order valence-electron chi connectivity index (χ1n) is 10.3. The fraction of sp³-hybridized carbons (Fsp3) is 0.333. The van der Waals surface area contributed by atoms with Crippen molar-refractivity contribution >= 4 is 22.7 Å². The molecule has 0 bridgehead atoms. The Morgan fingerprint density at radius 1 is 1.03 bits per heavy atom. The third kappa shape index (κ3) is 4.17. The Hall–Kier alpha value is -3.28. The van der Waals surface area contributed by atoms with Crippen molar-refractivity contribution in [2.24, 2.45) is 0 Å². The molecule has 2 heterocycles. The first-order chi connectivity index (χ1) is 14.5. The van der Waals surface area contributed by atoms with Crippen molar-refractivity contribution in [3.05, 3.63) is 65.4 Å². The van der Waals surface area contributed by atoms with Gasteiger partial charge in [-0.05, 0) is 49.2 Å². The molecular formula is C24H27N3O3. The Bertz CT molecular complexity index is 1070. The SMILES string of the molecule is COc1ccc2[nH]cc(CC(=O)N3CCCN(C(=O)c4cccc(C)c4)CC3)c2c1. The van der Waals surface area contributed by atoms with Crippen LogP contribution in [0.1, 0.15) is 27.9 Å². The van der Waals surface area contributed by atoms with Gasteiger partial charge < -0.3 is 19.5 Å². The minimum Gasteiger partial charge on any atom is -0.497 e. The number of carbonyl (C=O) groups excluding carboxylic acids is 2. The molecule has 1 fully saturated rings. The average Bonchev–Trinajstić information content (AvgIpc) is 2.98. The molecule has 1 aliphatic rings. The zero-order chi connectivity index (χ0) is 21.1. The number of aromatic nitrogens is 1. The van der Waals surface area contributed by atoms with Crippen LogP contribution in [0.3, 0.4) is 0 Å². The maximum Gasteiger partial charge on any atom is 0.253 e. The molecular weight excluding hydrogens is 378 g/mol. The second-order valence-corrected chi connectivity index (χ2v) is 7.80. The van der Waals surface area contributed by atoms with E-state index >= 15 is 0 Å². The van der Waals surface area contributed by atoms with Crippen LogP contribution >= 0.6 is 0 Å². The zero-order valence-corrected chi connectivity index (χ0v) is 17.5. The first kappa shape index (κ1) is 20.0. The predicted octanol–water partition coefficient (Wildman–Crippen LogP) is 3.40. The Labute approximate surface area is 176 Å². The molecule has 2 amide bonds. The summed E-state index contributed by atoms with van der Waals surface area (Å²) >= 11 is 0. The van der Waals surface area contributed by atoms with Crippen molar-refractivity contribution in [2.75, 3.05) is 33.3 Å². The molecule has 0 spiro atoms. The van der Waals surface area contributed by atoms with Crippen LogP contribution < -0.4 is 4.74 Å². The van der Waals surface area contributed by atoms with Crippen molar-refractivity contribution in [3.8, 4) is 5.75 Å². The van der Waals surface area contributed by atoms with E-state index in [1.165, 1.54) is 0 Å². The van der Waals surface area contributed by atoms with Crippen molar-refractivity contribution in [2.45, 2.75) is 19.8 Å². The van der Waals surface area contributed by atoms with Crippen LogP contribution in [0, 0.1) is 6.92 Å². The summed E-state index contributed by atoms with van der Waals surface area (Å²) in [6.07, 6.45) is 3.01. The number of ether oxygens (including phenoxy) is 1. The summed E-state index contributed by atoms with van der Waals surface area (Å²) in [4.78, 5) is 32.8. The maximum absolute atomic E-state index is 13.0. The lowest BCUT2D eigenvalue weighted by atomic mass is 10.1. The number of rotatable bonds is 4. The van der Waals surface area contributed by atoms with E-state index in [4.69, 9.17) is 4.74 Å². The maximum atomic E-state index is 13.0. The van der Waals surface area contributed by atoms with Crippen LogP contribution in [-0.4, -0.2) is 59.9 Å². The fourth-order valence-electron chi connectivity index (χ4n) is 4.04. The quantitative estimate of drug-likeness (QED) is 0.724. The van der Waals surface area contributed by atoms with Gasteiger partial charge in [0.05, 0.1) is 13.5 Å². The van der Waals surface area contributed by atoms with Crippen molar-refractivity contribution < 1.29 is 14.3 Å². The molecule has 0 aliphatic carbocycles. The summed E-state index contributed by atoms with van der Waals surface area (Å²) in [5, 5.41) is 1.01. The van der Waals surface area contributed by atoms with Crippen molar-refractivity contribution in [1.82, 2.24) is 14.8 Å². The van der Waals surface area contributed by atoms with Gasteiger partial charge in [0.25, 0.3) is 5.91 Å². The summed E-state index contributed by atoms with van der Waals surface area (Å²) < 4.78 is 5.32. The Balaban J connectivity index is 1.42. The predicted molar refractivity (Wildman–Crippen MR) is 117 cm³/mol. The number of amides is 2. The minimum absolute atomic E-state index is 0.0386. The van der Waals surface area contributed by atoms with Gasteiger partial charge in [-0.2, -0.15) is 0 Å². The average molecular weight is 405 g/mol. The van der Waals surface area contributed by atoms with Gasteiger partial charge in [0.1, 0.15) is 5.75 Å². The van der Waals surface area contributed by atoms with Gasteiger partial charge >= 0.3 is 0 Å². The van der Waals surface area contributed by atoms with Gasteiger partial charge in [0.2, 0.25) is 5.91 Å². The second-order valence-electron chi connectivity index (χ2n) is 7.80. The summed E-state index contributed by atoms with van der Waals surface area (Å²) in [5.41, 5.74) is 3.74. The highest BCUT2D eigenvalue weighted by molar-refractivity contribution is 5.94. The molecule has 2 aromatic carbocycles. The van der Waals surface area contributed by atoms with E-state index in [9.17, 15) is 9.59 Å². The van der Waals surface area contributed by atoms with E-state index in [0.29, 0.717) is 38.2 Å². The Morgan fingerprint density at radius 2 is 1.83 bits per heavy atom. The topological polar surface area (TPSA) is 65.6 Å². The van der Waals surface area contributed by atoms with E-state index in [0.717, 1.165) is 34.2 Å². The Kier molecular flexibility index (Phi) is 5.74. The molecule has 6 nitrogen and oxygen atoms in total. The van der Waals surface area contributed by atoms with Crippen LogP contribution in [0.15, 0.2) is 48.7 Å². The number of nitrogens with zero attached hydrogens (tertiary/aromatic N) is 2. The van der Waals surface area contributed by atoms with Gasteiger partial charge in [-0.3, -0.25) is 9.59 Å². The molecule has 0 atom stereocenters. The lowest BCUT2D eigenvalue weighted by Gasteiger charge is -2.22. The number of H-pyrrole nitrogens is 1. The smallest absolute Gasteiger partial charge is 0.253 e. The van der Waals surface area contributed by atoms with E-state index in [2.05, 4.69) is 4.98 Å². The third-order valence-electron chi connectivity index (χ3n) is 5.72. The molecule has 4 rings (SSSR count). The van der Waals surface area contributed by atoms with Gasteiger partial charge in [-0.1, -0.05) is 17.7 Å². The van der Waals surface area contributed by atoms with Crippen LogP contribution in [-0.2, 0) is 11.2 Å². The van der Waals surface area contributed by atoms with E-state index < -0.39 is 0 Å². The van der Waals surface area contributed by atoms with E-state index in [-0.39, 0.29) is 11.8 Å². The second kappa shape index (κ2) is 8.61. The number of carbonyl (C=O) groups is 2. The summed E-state index contributed by atoms with van der Waals surface area (Å²) in [6, 6.07) is 13.5. The number of fused-ring (bicyclic) bond motifs is 1. The lowest BCUT2D eigenvalue weighted by Crippen LogP contribution is -2.38. The molecule has 0 radical (unpaired) electrons. The number of hydrogen-bond acceptors (Lipinski definition) is 3. The molecule has 3 aromatic rings. The monoisotopic (exact) mass is 405 g/mol. The zero-order valence-electron chi connectivity index (χ0n) is 17.5. The summed E-state index contributed by atoms with van der Waals surface area (Å²) in [5.74, 6) is 0.899. The van der Waals surface area contributed by atoms with Crippen LogP contribution in [0.2, 0.25) is 0 Å². The largest absolute Gasteiger partial charge is 0.497 e. The lowest BCUT2D eigenvalue weighted by molar-refractivity contribution is -0.130. The molecule has 0 saturated carbocycles. The third-order valence-corrected chi connectivity index (χ3v) is 5.72. The first-order valence-corrected chi connectivity index (χ1v) is 10.3. The van der Waals surface area contributed by atoms with Gasteiger partial charge in [0.15, 0.2) is 0 Å². The van der Waals surface area contributed by atoms with Crippen molar-refractivity contribution in [3.63, 3.8) is 0 Å². The molecule has 1 saturated heterocycles. The normalized spacial score (nSPS) is 14.6.